The summed E-state index contributed by atoms with van der Waals surface area (Å²) < 4.78 is 27.7. The topological polar surface area (TPSA) is 101 Å². The van der Waals surface area contributed by atoms with Crippen LogP contribution >= 0.6 is 0 Å². The van der Waals surface area contributed by atoms with Crippen molar-refractivity contribution in [2.24, 2.45) is 0 Å². The summed E-state index contributed by atoms with van der Waals surface area (Å²) in [5, 5.41) is 8.54. The van der Waals surface area contributed by atoms with E-state index in [1.807, 2.05) is 0 Å². The van der Waals surface area contributed by atoms with Gasteiger partial charge in [-0.3, -0.25) is 9.52 Å². The molecule has 1 heterocycles. The molecule has 106 valence electrons. The van der Waals surface area contributed by atoms with Crippen LogP contribution in [-0.4, -0.2) is 34.8 Å². The van der Waals surface area contributed by atoms with Crippen molar-refractivity contribution >= 4 is 21.7 Å². The standard InChI is InChI=1S/C12H13N3O4S/c16-12(17)5-8-20(18,19)14-10-3-1-2-4-11(10)15-7-6-13-9-15/h1-4,6-7,9,14H,5,8H2,(H,16,17). The second-order valence-electron chi connectivity index (χ2n) is 4.05. The fourth-order valence-electron chi connectivity index (χ4n) is 1.63. The van der Waals surface area contributed by atoms with E-state index in [9.17, 15) is 13.2 Å². The van der Waals surface area contributed by atoms with E-state index in [4.69, 9.17) is 5.11 Å². The van der Waals surface area contributed by atoms with Crippen LogP contribution in [0.4, 0.5) is 5.69 Å². The third kappa shape index (κ3) is 3.58. The van der Waals surface area contributed by atoms with E-state index < -0.39 is 28.2 Å². The average molecular weight is 295 g/mol. The molecule has 0 atom stereocenters. The van der Waals surface area contributed by atoms with E-state index in [0.29, 0.717) is 11.4 Å². The summed E-state index contributed by atoms with van der Waals surface area (Å²) in [5.41, 5.74) is 0.986. The van der Waals surface area contributed by atoms with Gasteiger partial charge in [-0.2, -0.15) is 0 Å². The zero-order valence-corrected chi connectivity index (χ0v) is 11.2. The van der Waals surface area contributed by atoms with Crippen LogP contribution in [0.15, 0.2) is 43.0 Å². The maximum Gasteiger partial charge on any atom is 0.304 e. The van der Waals surface area contributed by atoms with Crippen LogP contribution < -0.4 is 4.72 Å². The van der Waals surface area contributed by atoms with Gasteiger partial charge < -0.3 is 9.67 Å². The minimum atomic E-state index is -3.71. The Morgan fingerprint density at radius 2 is 2.10 bits per heavy atom. The fourth-order valence-corrected chi connectivity index (χ4v) is 2.68. The predicted octanol–water partition coefficient (Wildman–Crippen LogP) is 1.09. The molecule has 2 N–H and O–H groups in total. The number of aliphatic carboxylic acids is 1. The van der Waals surface area contributed by atoms with Crippen molar-refractivity contribution in [3.8, 4) is 5.69 Å². The molecule has 0 aliphatic rings. The molecule has 1 aromatic heterocycles. The quantitative estimate of drug-likeness (QED) is 0.830. The zero-order valence-electron chi connectivity index (χ0n) is 10.4. The van der Waals surface area contributed by atoms with Crippen molar-refractivity contribution in [1.29, 1.82) is 0 Å². The summed E-state index contributed by atoms with van der Waals surface area (Å²) >= 11 is 0. The van der Waals surface area contributed by atoms with E-state index >= 15 is 0 Å². The van der Waals surface area contributed by atoms with Gasteiger partial charge in [0.15, 0.2) is 0 Å². The van der Waals surface area contributed by atoms with Crippen molar-refractivity contribution in [3.63, 3.8) is 0 Å². The van der Waals surface area contributed by atoms with E-state index in [2.05, 4.69) is 9.71 Å². The molecule has 0 aliphatic carbocycles. The molecule has 0 amide bonds. The van der Waals surface area contributed by atoms with Crippen LogP contribution in [0.3, 0.4) is 0 Å². The number of carbonyl (C=O) groups is 1. The first-order chi connectivity index (χ1) is 9.48. The van der Waals surface area contributed by atoms with Crippen molar-refractivity contribution in [1.82, 2.24) is 9.55 Å². The fraction of sp³-hybridized carbons (Fsp3) is 0.167. The summed E-state index contributed by atoms with van der Waals surface area (Å²) in [6.07, 6.45) is 4.37. The molecular formula is C12H13N3O4S. The van der Waals surface area contributed by atoms with Crippen LogP contribution in [0.1, 0.15) is 6.42 Å². The van der Waals surface area contributed by atoms with Crippen molar-refractivity contribution < 1.29 is 18.3 Å². The van der Waals surface area contributed by atoms with Gasteiger partial charge in [-0.25, -0.2) is 13.4 Å². The molecule has 0 fully saturated rings. The largest absolute Gasteiger partial charge is 0.481 e. The highest BCUT2D eigenvalue weighted by Crippen LogP contribution is 2.20. The minimum Gasteiger partial charge on any atom is -0.481 e. The zero-order chi connectivity index (χ0) is 14.6. The van der Waals surface area contributed by atoms with E-state index in [1.54, 1.807) is 47.6 Å². The van der Waals surface area contributed by atoms with Gasteiger partial charge in [0.1, 0.15) is 0 Å². The highest BCUT2D eigenvalue weighted by Gasteiger charge is 2.15. The highest BCUT2D eigenvalue weighted by atomic mass is 32.2. The molecule has 0 unspecified atom stereocenters. The second-order valence-corrected chi connectivity index (χ2v) is 5.89. The number of carboxylic acids is 1. The Kier molecular flexibility index (Phi) is 4.04. The molecule has 1 aromatic carbocycles. The lowest BCUT2D eigenvalue weighted by atomic mass is 10.3. The number of anilines is 1. The third-order valence-corrected chi connectivity index (χ3v) is 3.81. The Bertz CT molecular complexity index is 695. The maximum absolute atomic E-state index is 11.8. The molecule has 8 heteroatoms. The van der Waals surface area contributed by atoms with E-state index in [0.717, 1.165) is 0 Å². The Balaban J connectivity index is 2.24. The van der Waals surface area contributed by atoms with Gasteiger partial charge in [0.2, 0.25) is 10.0 Å². The lowest BCUT2D eigenvalue weighted by Crippen LogP contribution is -2.19. The minimum absolute atomic E-state index is 0.371. The molecule has 0 radical (unpaired) electrons. The third-order valence-electron chi connectivity index (χ3n) is 2.54. The predicted molar refractivity (Wildman–Crippen MR) is 73.2 cm³/mol. The molecular weight excluding hydrogens is 282 g/mol. The van der Waals surface area contributed by atoms with Gasteiger partial charge in [-0.05, 0) is 12.1 Å². The molecule has 0 spiro atoms. The van der Waals surface area contributed by atoms with Gasteiger partial charge in [-0.1, -0.05) is 12.1 Å². The SMILES string of the molecule is O=C(O)CCS(=O)(=O)Nc1ccccc1-n1ccnc1. The maximum atomic E-state index is 11.8. The van der Waals surface area contributed by atoms with Crippen molar-refractivity contribution in [2.45, 2.75) is 6.42 Å². The number of hydrogen-bond acceptors (Lipinski definition) is 4. The Morgan fingerprint density at radius 1 is 1.35 bits per heavy atom. The van der Waals surface area contributed by atoms with Crippen LogP contribution in [0.25, 0.3) is 5.69 Å². The molecule has 2 rings (SSSR count). The van der Waals surface area contributed by atoms with Gasteiger partial charge in [0.25, 0.3) is 0 Å². The van der Waals surface area contributed by atoms with Crippen molar-refractivity contribution in [2.75, 3.05) is 10.5 Å². The number of benzene rings is 1. The van der Waals surface area contributed by atoms with Crippen molar-refractivity contribution in [3.05, 3.63) is 43.0 Å². The first-order valence-electron chi connectivity index (χ1n) is 5.77. The number of carboxylic acid groups (broad SMARTS) is 1. The van der Waals surface area contributed by atoms with Crippen LogP contribution in [0.5, 0.6) is 0 Å². The number of nitrogens with zero attached hydrogens (tertiary/aromatic N) is 2. The van der Waals surface area contributed by atoms with E-state index in [1.165, 1.54) is 0 Å². The number of sulfonamides is 1. The van der Waals surface area contributed by atoms with Crippen LogP contribution in [-0.2, 0) is 14.8 Å². The molecule has 0 aliphatic heterocycles. The van der Waals surface area contributed by atoms with Gasteiger partial charge >= 0.3 is 5.97 Å². The number of aromatic nitrogens is 2. The lowest BCUT2D eigenvalue weighted by molar-refractivity contribution is -0.136. The lowest BCUT2D eigenvalue weighted by Gasteiger charge is -2.12. The second kappa shape index (κ2) is 5.74. The Labute approximate surface area is 115 Å². The first kappa shape index (κ1) is 14.1. The number of imidazole rings is 1. The van der Waals surface area contributed by atoms with Crippen LogP contribution in [0.2, 0.25) is 0 Å². The summed E-state index contributed by atoms with van der Waals surface area (Å²) in [7, 11) is -3.71. The molecule has 2 aromatic rings. The Morgan fingerprint density at radius 3 is 2.75 bits per heavy atom. The summed E-state index contributed by atoms with van der Waals surface area (Å²) in [5.74, 6) is -1.63. The van der Waals surface area contributed by atoms with E-state index in [-0.39, 0.29) is 0 Å². The highest BCUT2D eigenvalue weighted by molar-refractivity contribution is 7.92. The summed E-state index contributed by atoms with van der Waals surface area (Å²) in [4.78, 5) is 14.4. The molecule has 7 nitrogen and oxygen atoms in total. The monoisotopic (exact) mass is 295 g/mol. The average Bonchev–Trinajstić information content (AvgIpc) is 2.90. The number of para-hydroxylation sites is 2. The summed E-state index contributed by atoms with van der Waals surface area (Å²) in [6.45, 7) is 0. The van der Waals surface area contributed by atoms with Gasteiger partial charge in [-0.15, -0.1) is 0 Å². The first-order valence-corrected chi connectivity index (χ1v) is 7.43. The van der Waals surface area contributed by atoms with Gasteiger partial charge in [0.05, 0.1) is 29.9 Å². The van der Waals surface area contributed by atoms with Crippen LogP contribution in [0, 0.1) is 0 Å². The number of rotatable bonds is 6. The molecule has 0 saturated carbocycles. The number of hydrogen-bond donors (Lipinski definition) is 2. The smallest absolute Gasteiger partial charge is 0.304 e. The normalized spacial score (nSPS) is 11.2. The summed E-state index contributed by atoms with van der Waals surface area (Å²) in [6, 6.07) is 6.80. The van der Waals surface area contributed by atoms with Gasteiger partial charge in [0, 0.05) is 12.4 Å². The number of nitrogens with one attached hydrogen (secondary N) is 1. The Hall–Kier alpha value is -2.35. The molecule has 0 saturated heterocycles. The molecule has 20 heavy (non-hydrogen) atoms. The molecule has 0 bridgehead atoms.